The molecular weight excluding hydrogens is 212 g/mol. The molecule has 0 unspecified atom stereocenters. The number of aromatic nitrogens is 2. The molecule has 0 radical (unpaired) electrons. The number of hydrogen-bond acceptors (Lipinski definition) is 2. The summed E-state index contributed by atoms with van der Waals surface area (Å²) < 4.78 is 0. The number of fused-ring (bicyclic) bond motifs is 1. The van der Waals surface area contributed by atoms with E-state index in [1.54, 1.807) is 18.5 Å². The molecule has 2 heterocycles. The molecule has 0 aliphatic rings. The van der Waals surface area contributed by atoms with Crippen molar-refractivity contribution in [1.29, 1.82) is 0 Å². The average Bonchev–Trinajstić information content (AvgIpc) is 2.39. The van der Waals surface area contributed by atoms with Gasteiger partial charge < -0.3 is 4.98 Å². The number of aromatic amines is 1. The Morgan fingerprint density at radius 1 is 0.882 bits per heavy atom. The Hall–Kier alpha value is -2.42. The largest absolute Gasteiger partial charge is 0.322 e. The van der Waals surface area contributed by atoms with Crippen LogP contribution in [0.3, 0.4) is 0 Å². The second-order valence-electron chi connectivity index (χ2n) is 3.86. The topological polar surface area (TPSA) is 45.8 Å². The zero-order chi connectivity index (χ0) is 11.7. The van der Waals surface area contributed by atoms with E-state index in [9.17, 15) is 4.79 Å². The minimum Gasteiger partial charge on any atom is -0.322 e. The predicted octanol–water partition coefficient (Wildman–Crippen LogP) is 2.59. The van der Waals surface area contributed by atoms with E-state index in [-0.39, 0.29) is 5.56 Å². The first-order chi connectivity index (χ1) is 8.33. The van der Waals surface area contributed by atoms with Crippen molar-refractivity contribution < 1.29 is 0 Å². The van der Waals surface area contributed by atoms with Crippen molar-refractivity contribution >= 4 is 10.9 Å². The molecule has 0 aliphatic carbocycles. The zero-order valence-corrected chi connectivity index (χ0v) is 9.05. The van der Waals surface area contributed by atoms with Crippen LogP contribution < -0.4 is 5.56 Å². The lowest BCUT2D eigenvalue weighted by molar-refractivity contribution is 1.30. The van der Waals surface area contributed by atoms with Crippen molar-refractivity contribution in [2.24, 2.45) is 0 Å². The number of benzene rings is 1. The molecule has 0 atom stereocenters. The lowest BCUT2D eigenvalue weighted by atomic mass is 10.0. The Labute approximate surface area is 97.8 Å². The fourth-order valence-corrected chi connectivity index (χ4v) is 1.88. The molecule has 0 amide bonds. The normalized spacial score (nSPS) is 10.6. The molecule has 17 heavy (non-hydrogen) atoms. The molecule has 3 nitrogen and oxygen atoms in total. The monoisotopic (exact) mass is 222 g/mol. The van der Waals surface area contributed by atoms with Gasteiger partial charge in [0.1, 0.15) is 0 Å². The molecule has 0 bridgehead atoms. The molecule has 3 rings (SSSR count). The highest BCUT2D eigenvalue weighted by Crippen LogP contribution is 2.22. The fraction of sp³-hybridized carbons (Fsp3) is 0. The summed E-state index contributed by atoms with van der Waals surface area (Å²) in [4.78, 5) is 18.0. The van der Waals surface area contributed by atoms with Crippen molar-refractivity contribution in [3.8, 4) is 11.1 Å². The highest BCUT2D eigenvalue weighted by atomic mass is 16.1. The van der Waals surface area contributed by atoms with Crippen molar-refractivity contribution in [3.05, 3.63) is 65.2 Å². The molecule has 0 fully saturated rings. The van der Waals surface area contributed by atoms with Gasteiger partial charge >= 0.3 is 0 Å². The molecule has 1 aromatic carbocycles. The Morgan fingerprint density at radius 3 is 2.53 bits per heavy atom. The number of nitrogens with zero attached hydrogens (tertiary/aromatic N) is 1. The molecule has 2 aromatic heterocycles. The molecule has 0 aliphatic heterocycles. The zero-order valence-electron chi connectivity index (χ0n) is 9.05. The number of rotatable bonds is 1. The van der Waals surface area contributed by atoms with Crippen molar-refractivity contribution in [1.82, 2.24) is 9.97 Å². The van der Waals surface area contributed by atoms with Gasteiger partial charge in [-0.3, -0.25) is 9.78 Å². The maximum absolute atomic E-state index is 11.2. The van der Waals surface area contributed by atoms with Gasteiger partial charge in [0.05, 0.1) is 0 Å². The second-order valence-corrected chi connectivity index (χ2v) is 3.86. The van der Waals surface area contributed by atoms with Gasteiger partial charge in [-0.15, -0.1) is 0 Å². The van der Waals surface area contributed by atoms with E-state index in [2.05, 4.69) is 16.0 Å². The van der Waals surface area contributed by atoms with Gasteiger partial charge in [-0.05, 0) is 46.8 Å². The highest BCUT2D eigenvalue weighted by Gasteiger charge is 1.99. The third-order valence-corrected chi connectivity index (χ3v) is 2.74. The van der Waals surface area contributed by atoms with E-state index in [4.69, 9.17) is 0 Å². The van der Waals surface area contributed by atoms with Crippen LogP contribution in [0.25, 0.3) is 22.0 Å². The molecule has 0 spiro atoms. The van der Waals surface area contributed by atoms with Gasteiger partial charge in [0, 0.05) is 24.0 Å². The standard InChI is InChI=1S/C14H10N2O/c17-14-4-2-12-9-11(1-3-13(12)16-14)10-5-7-15-8-6-10/h1-9H,(H,16,17). The van der Waals surface area contributed by atoms with Crippen LogP contribution in [0.15, 0.2) is 59.7 Å². The van der Waals surface area contributed by atoms with E-state index in [1.807, 2.05) is 30.3 Å². The van der Waals surface area contributed by atoms with Crippen LogP contribution in [-0.2, 0) is 0 Å². The van der Waals surface area contributed by atoms with E-state index in [0.717, 1.165) is 22.0 Å². The van der Waals surface area contributed by atoms with Crippen LogP contribution >= 0.6 is 0 Å². The molecule has 0 saturated carbocycles. The van der Waals surface area contributed by atoms with Crippen LogP contribution in [0.2, 0.25) is 0 Å². The van der Waals surface area contributed by atoms with Gasteiger partial charge in [0.15, 0.2) is 0 Å². The Bertz CT molecular complexity index is 717. The van der Waals surface area contributed by atoms with Crippen molar-refractivity contribution in [3.63, 3.8) is 0 Å². The third-order valence-electron chi connectivity index (χ3n) is 2.74. The summed E-state index contributed by atoms with van der Waals surface area (Å²) in [7, 11) is 0. The first-order valence-corrected chi connectivity index (χ1v) is 5.36. The van der Waals surface area contributed by atoms with Gasteiger partial charge in [0.25, 0.3) is 0 Å². The van der Waals surface area contributed by atoms with Gasteiger partial charge in [-0.2, -0.15) is 0 Å². The van der Waals surface area contributed by atoms with E-state index in [0.29, 0.717) is 0 Å². The third kappa shape index (κ3) is 1.83. The summed E-state index contributed by atoms with van der Waals surface area (Å²) in [5.74, 6) is 0. The maximum Gasteiger partial charge on any atom is 0.248 e. The quantitative estimate of drug-likeness (QED) is 0.687. The van der Waals surface area contributed by atoms with Crippen LogP contribution in [0, 0.1) is 0 Å². The molecular formula is C14H10N2O. The van der Waals surface area contributed by atoms with Gasteiger partial charge in [-0.1, -0.05) is 6.07 Å². The summed E-state index contributed by atoms with van der Waals surface area (Å²) in [6.07, 6.45) is 3.54. The Balaban J connectivity index is 2.21. The number of pyridine rings is 2. The minimum absolute atomic E-state index is 0.0749. The van der Waals surface area contributed by atoms with E-state index < -0.39 is 0 Å². The highest BCUT2D eigenvalue weighted by molar-refractivity contribution is 5.84. The Morgan fingerprint density at radius 2 is 1.71 bits per heavy atom. The lowest BCUT2D eigenvalue weighted by Crippen LogP contribution is -2.01. The first-order valence-electron chi connectivity index (χ1n) is 5.36. The minimum atomic E-state index is -0.0749. The molecule has 1 N–H and O–H groups in total. The smallest absolute Gasteiger partial charge is 0.248 e. The molecule has 82 valence electrons. The molecule has 0 saturated heterocycles. The van der Waals surface area contributed by atoms with Gasteiger partial charge in [-0.25, -0.2) is 0 Å². The first kappa shape index (κ1) is 9.78. The average molecular weight is 222 g/mol. The van der Waals surface area contributed by atoms with Crippen LogP contribution in [-0.4, -0.2) is 9.97 Å². The summed E-state index contributed by atoms with van der Waals surface area (Å²) in [5, 5.41) is 1.03. The summed E-state index contributed by atoms with van der Waals surface area (Å²) in [6, 6.07) is 13.3. The van der Waals surface area contributed by atoms with E-state index >= 15 is 0 Å². The molecule has 3 heteroatoms. The van der Waals surface area contributed by atoms with Crippen LogP contribution in [0.1, 0.15) is 0 Å². The maximum atomic E-state index is 11.2. The second kappa shape index (κ2) is 3.87. The summed E-state index contributed by atoms with van der Waals surface area (Å²) >= 11 is 0. The lowest BCUT2D eigenvalue weighted by Gasteiger charge is -2.03. The SMILES string of the molecule is O=c1ccc2cc(-c3ccncc3)ccc2[nH]1. The van der Waals surface area contributed by atoms with Crippen molar-refractivity contribution in [2.75, 3.05) is 0 Å². The number of hydrogen-bond donors (Lipinski definition) is 1. The van der Waals surface area contributed by atoms with Crippen LogP contribution in [0.5, 0.6) is 0 Å². The van der Waals surface area contributed by atoms with Crippen molar-refractivity contribution in [2.45, 2.75) is 0 Å². The molecule has 3 aromatic rings. The predicted molar refractivity (Wildman–Crippen MR) is 67.8 cm³/mol. The van der Waals surface area contributed by atoms with Crippen LogP contribution in [0.4, 0.5) is 0 Å². The van der Waals surface area contributed by atoms with Gasteiger partial charge in [0.2, 0.25) is 5.56 Å². The fourth-order valence-electron chi connectivity index (χ4n) is 1.88. The number of nitrogens with one attached hydrogen (secondary N) is 1. The number of H-pyrrole nitrogens is 1. The summed E-state index contributed by atoms with van der Waals surface area (Å²) in [6.45, 7) is 0. The summed E-state index contributed by atoms with van der Waals surface area (Å²) in [5.41, 5.74) is 3.02. The van der Waals surface area contributed by atoms with E-state index in [1.165, 1.54) is 0 Å². The Kier molecular flexibility index (Phi) is 2.22.